The van der Waals surface area contributed by atoms with Gasteiger partial charge in [0.05, 0.1) is 7.11 Å². The maximum absolute atomic E-state index is 10.4. The van der Waals surface area contributed by atoms with Crippen LogP contribution in [0, 0.1) is 0 Å². The van der Waals surface area contributed by atoms with Gasteiger partial charge in [0, 0.05) is 12.0 Å². The standard InChI is InChI=1S/C11H13NO3/c1-15-8-4-2-7(3-5-8)9-6-10(9)12-11(13)14/h2-5,9-10,12H,6H2,1H3,(H,13,14). The first-order chi connectivity index (χ1) is 7.20. The van der Waals surface area contributed by atoms with Crippen molar-refractivity contribution < 1.29 is 14.6 Å². The average molecular weight is 207 g/mol. The van der Waals surface area contributed by atoms with E-state index in [4.69, 9.17) is 9.84 Å². The molecule has 0 aromatic heterocycles. The molecule has 4 heteroatoms. The van der Waals surface area contributed by atoms with Gasteiger partial charge in [0.15, 0.2) is 0 Å². The first kappa shape index (κ1) is 9.83. The summed E-state index contributed by atoms with van der Waals surface area (Å²) in [7, 11) is 1.63. The molecule has 0 heterocycles. The Hall–Kier alpha value is -1.71. The zero-order valence-corrected chi connectivity index (χ0v) is 8.43. The Bertz CT molecular complexity index is 361. The molecule has 1 fully saturated rings. The van der Waals surface area contributed by atoms with Crippen molar-refractivity contribution >= 4 is 6.09 Å². The summed E-state index contributed by atoms with van der Waals surface area (Å²) in [6.07, 6.45) is -0.0606. The minimum atomic E-state index is -0.948. The van der Waals surface area contributed by atoms with Crippen molar-refractivity contribution in [1.82, 2.24) is 5.32 Å². The van der Waals surface area contributed by atoms with Crippen LogP contribution < -0.4 is 10.1 Å². The van der Waals surface area contributed by atoms with Gasteiger partial charge in [0.2, 0.25) is 0 Å². The normalized spacial score (nSPS) is 23.3. The fourth-order valence-corrected chi connectivity index (χ4v) is 1.73. The second kappa shape index (κ2) is 3.81. The lowest BCUT2D eigenvalue weighted by Crippen LogP contribution is -2.24. The lowest BCUT2D eigenvalue weighted by Gasteiger charge is -2.02. The largest absolute Gasteiger partial charge is 0.497 e. The maximum Gasteiger partial charge on any atom is 0.404 e. The number of amides is 1. The number of rotatable bonds is 3. The fourth-order valence-electron chi connectivity index (χ4n) is 1.73. The molecule has 0 saturated heterocycles. The van der Waals surface area contributed by atoms with Gasteiger partial charge in [0.1, 0.15) is 5.75 Å². The lowest BCUT2D eigenvalue weighted by molar-refractivity contribution is 0.193. The monoisotopic (exact) mass is 207 g/mol. The predicted molar refractivity (Wildman–Crippen MR) is 55.3 cm³/mol. The molecule has 0 radical (unpaired) electrons. The van der Waals surface area contributed by atoms with Crippen LogP contribution >= 0.6 is 0 Å². The van der Waals surface area contributed by atoms with Crippen LogP contribution in [0.25, 0.3) is 0 Å². The summed E-state index contributed by atoms with van der Waals surface area (Å²) < 4.78 is 5.05. The van der Waals surface area contributed by atoms with Gasteiger partial charge >= 0.3 is 6.09 Å². The molecule has 2 unspecified atom stereocenters. The Labute approximate surface area is 87.9 Å². The van der Waals surface area contributed by atoms with E-state index in [9.17, 15) is 4.79 Å². The van der Waals surface area contributed by atoms with E-state index in [1.165, 1.54) is 0 Å². The van der Waals surface area contributed by atoms with Gasteiger partial charge in [0.25, 0.3) is 0 Å². The van der Waals surface area contributed by atoms with Gasteiger partial charge in [-0.15, -0.1) is 0 Å². The zero-order chi connectivity index (χ0) is 10.8. The molecule has 2 rings (SSSR count). The molecule has 15 heavy (non-hydrogen) atoms. The van der Waals surface area contributed by atoms with Crippen LogP contribution in [0.4, 0.5) is 4.79 Å². The van der Waals surface area contributed by atoms with Crippen molar-refractivity contribution in [3.63, 3.8) is 0 Å². The third kappa shape index (κ3) is 2.21. The number of carbonyl (C=O) groups is 1. The van der Waals surface area contributed by atoms with Gasteiger partial charge in [-0.1, -0.05) is 12.1 Å². The molecule has 2 N–H and O–H groups in total. The van der Waals surface area contributed by atoms with Gasteiger partial charge in [-0.2, -0.15) is 0 Å². The van der Waals surface area contributed by atoms with Crippen LogP contribution in [-0.4, -0.2) is 24.4 Å². The quantitative estimate of drug-likeness (QED) is 0.794. The molecular weight excluding hydrogens is 194 g/mol. The van der Waals surface area contributed by atoms with Crippen LogP contribution in [0.2, 0.25) is 0 Å². The molecule has 1 aromatic rings. The highest BCUT2D eigenvalue weighted by Gasteiger charge is 2.39. The molecule has 2 atom stereocenters. The Morgan fingerprint density at radius 3 is 2.67 bits per heavy atom. The summed E-state index contributed by atoms with van der Waals surface area (Å²) in [5, 5.41) is 11.0. The molecule has 1 aliphatic carbocycles. The van der Waals surface area contributed by atoms with Crippen LogP contribution in [0.15, 0.2) is 24.3 Å². The molecular formula is C11H13NO3. The Kier molecular flexibility index (Phi) is 2.49. The lowest BCUT2D eigenvalue weighted by atomic mass is 10.1. The molecule has 0 spiro atoms. The predicted octanol–water partition coefficient (Wildman–Crippen LogP) is 1.82. The molecule has 1 aliphatic rings. The highest BCUT2D eigenvalue weighted by molar-refractivity contribution is 5.65. The van der Waals surface area contributed by atoms with Gasteiger partial charge in [-0.3, -0.25) is 0 Å². The van der Waals surface area contributed by atoms with Crippen molar-refractivity contribution in [3.8, 4) is 5.75 Å². The SMILES string of the molecule is COc1ccc(C2CC2NC(=O)O)cc1. The minimum absolute atomic E-state index is 0.0795. The van der Waals surface area contributed by atoms with Crippen LogP contribution in [-0.2, 0) is 0 Å². The van der Waals surface area contributed by atoms with Crippen molar-refractivity contribution in [2.75, 3.05) is 7.11 Å². The first-order valence-electron chi connectivity index (χ1n) is 4.84. The average Bonchev–Trinajstić information content (AvgIpc) is 2.96. The third-order valence-electron chi connectivity index (χ3n) is 2.64. The van der Waals surface area contributed by atoms with Crippen molar-refractivity contribution in [3.05, 3.63) is 29.8 Å². The number of nitrogens with one attached hydrogen (secondary N) is 1. The topological polar surface area (TPSA) is 58.6 Å². The highest BCUT2D eigenvalue weighted by Crippen LogP contribution is 2.41. The number of benzene rings is 1. The zero-order valence-electron chi connectivity index (χ0n) is 8.43. The van der Waals surface area contributed by atoms with Crippen LogP contribution in [0.5, 0.6) is 5.75 Å². The summed E-state index contributed by atoms with van der Waals surface area (Å²) >= 11 is 0. The minimum Gasteiger partial charge on any atom is -0.497 e. The van der Waals surface area contributed by atoms with Gasteiger partial charge < -0.3 is 15.2 Å². The number of hydrogen-bond donors (Lipinski definition) is 2. The number of hydrogen-bond acceptors (Lipinski definition) is 2. The van der Waals surface area contributed by atoms with Crippen molar-refractivity contribution in [2.45, 2.75) is 18.4 Å². The summed E-state index contributed by atoms with van der Waals surface area (Å²) in [6.45, 7) is 0. The van der Waals surface area contributed by atoms with E-state index in [2.05, 4.69) is 5.32 Å². The number of carboxylic acid groups (broad SMARTS) is 1. The molecule has 1 amide bonds. The Morgan fingerprint density at radius 1 is 1.47 bits per heavy atom. The second-order valence-electron chi connectivity index (χ2n) is 3.67. The molecule has 1 saturated carbocycles. The van der Waals surface area contributed by atoms with E-state index in [1.54, 1.807) is 7.11 Å². The number of ether oxygens (including phenoxy) is 1. The first-order valence-corrected chi connectivity index (χ1v) is 4.84. The third-order valence-corrected chi connectivity index (χ3v) is 2.64. The molecule has 0 bridgehead atoms. The van der Waals surface area contributed by atoms with Crippen LogP contribution in [0.3, 0.4) is 0 Å². The van der Waals surface area contributed by atoms with Gasteiger partial charge in [-0.25, -0.2) is 4.79 Å². The molecule has 4 nitrogen and oxygen atoms in total. The molecule has 0 aliphatic heterocycles. The summed E-state index contributed by atoms with van der Waals surface area (Å²) in [5.74, 6) is 1.15. The van der Waals surface area contributed by atoms with E-state index in [0.29, 0.717) is 5.92 Å². The van der Waals surface area contributed by atoms with E-state index >= 15 is 0 Å². The smallest absolute Gasteiger partial charge is 0.404 e. The van der Waals surface area contributed by atoms with E-state index in [1.807, 2.05) is 24.3 Å². The maximum atomic E-state index is 10.4. The highest BCUT2D eigenvalue weighted by atomic mass is 16.5. The summed E-state index contributed by atoms with van der Waals surface area (Å²) in [5.41, 5.74) is 1.16. The Balaban J connectivity index is 1.97. The van der Waals surface area contributed by atoms with E-state index in [-0.39, 0.29) is 6.04 Å². The van der Waals surface area contributed by atoms with Gasteiger partial charge in [-0.05, 0) is 24.1 Å². The summed E-state index contributed by atoms with van der Waals surface area (Å²) in [6, 6.07) is 7.83. The second-order valence-corrected chi connectivity index (χ2v) is 3.67. The molecule has 80 valence electrons. The van der Waals surface area contributed by atoms with Crippen molar-refractivity contribution in [2.24, 2.45) is 0 Å². The fraction of sp³-hybridized carbons (Fsp3) is 0.364. The van der Waals surface area contributed by atoms with Crippen LogP contribution in [0.1, 0.15) is 17.9 Å². The van der Waals surface area contributed by atoms with E-state index < -0.39 is 6.09 Å². The Morgan fingerprint density at radius 2 is 2.13 bits per heavy atom. The molecule has 1 aromatic carbocycles. The van der Waals surface area contributed by atoms with Crippen molar-refractivity contribution in [1.29, 1.82) is 0 Å². The summed E-state index contributed by atoms with van der Waals surface area (Å²) in [4.78, 5) is 10.4. The van der Waals surface area contributed by atoms with E-state index in [0.717, 1.165) is 17.7 Å². The number of methoxy groups -OCH3 is 1.